The molecule has 10 nitrogen and oxygen atoms in total. The van der Waals surface area contributed by atoms with E-state index in [1.165, 1.54) is 77.0 Å². The summed E-state index contributed by atoms with van der Waals surface area (Å²) in [6.45, 7) is 4.45. The van der Waals surface area contributed by atoms with Gasteiger partial charge >= 0.3 is 23.9 Å². The Balaban J connectivity index is 4.67. The summed E-state index contributed by atoms with van der Waals surface area (Å²) in [5.41, 5.74) is 0. The van der Waals surface area contributed by atoms with Crippen molar-refractivity contribution in [1.29, 1.82) is 0 Å². The first-order valence-electron chi connectivity index (χ1n) is 21.2. The maximum atomic E-state index is 13.0. The van der Waals surface area contributed by atoms with E-state index in [1.54, 1.807) is 0 Å². The number of hydrogen-bond donors (Lipinski definition) is 4. The SMILES string of the molecule is CCCCCCCC/C=C\CCCCCCCC(=O)O[C@@H](C(=O)O)[C@@H](OC(=O)CCCCCCC/C=C\CCCCCCCC)C(=O)N[C@@H](CS)C(=O)O. The summed E-state index contributed by atoms with van der Waals surface area (Å²) in [5.74, 6) is -6.22. The molecule has 0 saturated carbocycles. The van der Waals surface area contributed by atoms with E-state index >= 15 is 0 Å². The number of carbonyl (C=O) groups excluding carboxylic acids is 3. The van der Waals surface area contributed by atoms with E-state index in [4.69, 9.17) is 9.47 Å². The summed E-state index contributed by atoms with van der Waals surface area (Å²) < 4.78 is 10.4. The number of ether oxygens (including phenoxy) is 2. The fraction of sp³-hybridized carbons (Fsp3) is 0.791. The van der Waals surface area contributed by atoms with Gasteiger partial charge in [-0.05, 0) is 64.2 Å². The highest BCUT2D eigenvalue weighted by atomic mass is 32.1. The second-order valence-corrected chi connectivity index (χ2v) is 14.8. The van der Waals surface area contributed by atoms with Crippen LogP contribution in [0.4, 0.5) is 0 Å². The molecule has 312 valence electrons. The number of carboxylic acid groups (broad SMARTS) is 2. The first-order valence-corrected chi connectivity index (χ1v) is 21.9. The van der Waals surface area contributed by atoms with Gasteiger partial charge in [-0.25, -0.2) is 9.59 Å². The second kappa shape index (κ2) is 37.1. The molecule has 0 spiro atoms. The van der Waals surface area contributed by atoms with Crippen LogP contribution in [0.5, 0.6) is 0 Å². The maximum Gasteiger partial charge on any atom is 0.349 e. The standard InChI is InChI=1S/C43H75NO9S/c1-3-5-7-9-11-13-15-17-19-21-23-25-27-29-31-33-37(45)52-39(41(47)44-36(35-54)42(48)49)40(43(50)51)53-38(46)34-32-30-28-26-24-22-20-18-16-14-12-10-8-6-4-2/h17-20,36,39-40,54H,3-16,21-35H2,1-2H3,(H,44,47)(H,48,49)(H,50,51)/b19-17-,20-18-/t36-,39+,40+/m0/s1. The Kier molecular flexibility index (Phi) is 35.2. The van der Waals surface area contributed by atoms with Gasteiger partial charge in [-0.1, -0.05) is 141 Å². The summed E-state index contributed by atoms with van der Waals surface area (Å²) in [6, 6.07) is -1.46. The number of esters is 2. The lowest BCUT2D eigenvalue weighted by molar-refractivity contribution is -0.182. The number of amides is 1. The van der Waals surface area contributed by atoms with Crippen molar-refractivity contribution in [3.05, 3.63) is 24.3 Å². The van der Waals surface area contributed by atoms with Gasteiger partial charge in [-0.15, -0.1) is 0 Å². The molecule has 0 aliphatic carbocycles. The summed E-state index contributed by atoms with van der Waals surface area (Å²) in [5, 5.41) is 21.4. The van der Waals surface area contributed by atoms with Gasteiger partial charge in [0.15, 0.2) is 0 Å². The van der Waals surface area contributed by atoms with E-state index in [-0.39, 0.29) is 18.6 Å². The molecule has 0 rings (SSSR count). The summed E-state index contributed by atoms with van der Waals surface area (Å²) in [7, 11) is 0. The smallest absolute Gasteiger partial charge is 0.349 e. The van der Waals surface area contributed by atoms with Crippen molar-refractivity contribution in [3.8, 4) is 0 Å². The van der Waals surface area contributed by atoms with Crippen LogP contribution in [0.15, 0.2) is 24.3 Å². The fourth-order valence-electron chi connectivity index (χ4n) is 6.02. The number of thiol groups is 1. The molecule has 0 bridgehead atoms. The third-order valence-electron chi connectivity index (χ3n) is 9.38. The highest BCUT2D eigenvalue weighted by Gasteiger charge is 2.41. The molecule has 0 radical (unpaired) electrons. The van der Waals surface area contributed by atoms with Gasteiger partial charge in [0.25, 0.3) is 5.91 Å². The molecule has 0 fully saturated rings. The monoisotopic (exact) mass is 782 g/mol. The molecule has 54 heavy (non-hydrogen) atoms. The van der Waals surface area contributed by atoms with E-state index in [0.29, 0.717) is 12.8 Å². The van der Waals surface area contributed by atoms with Gasteiger partial charge < -0.3 is 25.0 Å². The zero-order chi connectivity index (χ0) is 40.1. The molecule has 0 aromatic rings. The first kappa shape index (κ1) is 51.2. The van der Waals surface area contributed by atoms with Crippen LogP contribution in [0.25, 0.3) is 0 Å². The highest BCUT2D eigenvalue weighted by molar-refractivity contribution is 7.80. The van der Waals surface area contributed by atoms with E-state index in [2.05, 4.69) is 56.1 Å². The molecule has 1 amide bonds. The van der Waals surface area contributed by atoms with Gasteiger partial charge in [-0.3, -0.25) is 14.4 Å². The van der Waals surface area contributed by atoms with Crippen LogP contribution in [-0.4, -0.2) is 64.0 Å². The third kappa shape index (κ3) is 30.5. The maximum absolute atomic E-state index is 13.0. The van der Waals surface area contributed by atoms with Crippen LogP contribution in [-0.2, 0) is 33.4 Å². The number of aliphatic carboxylic acids is 2. The molecule has 0 saturated heterocycles. The second-order valence-electron chi connectivity index (χ2n) is 14.4. The third-order valence-corrected chi connectivity index (χ3v) is 9.74. The Morgan fingerprint density at radius 3 is 1.17 bits per heavy atom. The van der Waals surface area contributed by atoms with Crippen LogP contribution in [0.2, 0.25) is 0 Å². The molecule has 0 unspecified atom stereocenters. The summed E-state index contributed by atoms with van der Waals surface area (Å²) >= 11 is 3.93. The predicted molar refractivity (Wildman–Crippen MR) is 220 cm³/mol. The van der Waals surface area contributed by atoms with Crippen molar-refractivity contribution in [1.82, 2.24) is 5.32 Å². The molecule has 0 aliphatic rings. The van der Waals surface area contributed by atoms with Gasteiger partial charge in [0.2, 0.25) is 12.2 Å². The molecule has 3 N–H and O–H groups in total. The largest absolute Gasteiger partial charge is 0.480 e. The van der Waals surface area contributed by atoms with E-state index in [1.807, 2.05) is 0 Å². The summed E-state index contributed by atoms with van der Waals surface area (Å²) in [4.78, 5) is 62.1. The number of unbranched alkanes of at least 4 members (excludes halogenated alkanes) is 22. The molecular formula is C43H75NO9S. The fourth-order valence-corrected chi connectivity index (χ4v) is 6.26. The first-order chi connectivity index (χ1) is 26.2. The van der Waals surface area contributed by atoms with Gasteiger partial charge in [0.1, 0.15) is 6.04 Å². The Morgan fingerprint density at radius 2 is 0.833 bits per heavy atom. The molecule has 0 aromatic carbocycles. The van der Waals surface area contributed by atoms with Crippen LogP contribution in [0.3, 0.4) is 0 Å². The van der Waals surface area contributed by atoms with E-state index in [0.717, 1.165) is 77.0 Å². The van der Waals surface area contributed by atoms with Gasteiger partial charge in [-0.2, -0.15) is 12.6 Å². The zero-order valence-corrected chi connectivity index (χ0v) is 34.6. The van der Waals surface area contributed by atoms with Crippen molar-refractivity contribution in [3.63, 3.8) is 0 Å². The van der Waals surface area contributed by atoms with E-state index in [9.17, 15) is 34.2 Å². The quantitative estimate of drug-likeness (QED) is 0.0207. The van der Waals surface area contributed by atoms with E-state index < -0.39 is 48.0 Å². The van der Waals surface area contributed by atoms with Crippen molar-refractivity contribution in [2.45, 2.75) is 212 Å². The Morgan fingerprint density at radius 1 is 0.500 bits per heavy atom. The zero-order valence-electron chi connectivity index (χ0n) is 33.7. The van der Waals surface area contributed by atoms with Crippen LogP contribution >= 0.6 is 12.6 Å². The molecule has 0 aliphatic heterocycles. The van der Waals surface area contributed by atoms with Gasteiger partial charge in [0, 0.05) is 18.6 Å². The minimum absolute atomic E-state index is 0.0620. The Bertz CT molecular complexity index is 1050. The van der Waals surface area contributed by atoms with Crippen LogP contribution in [0.1, 0.15) is 194 Å². The minimum Gasteiger partial charge on any atom is -0.480 e. The van der Waals surface area contributed by atoms with Crippen molar-refractivity contribution >= 4 is 42.4 Å². The number of allylic oxidation sites excluding steroid dienone is 4. The van der Waals surface area contributed by atoms with Crippen molar-refractivity contribution < 1.29 is 43.7 Å². The molecule has 0 aromatic heterocycles. The highest BCUT2D eigenvalue weighted by Crippen LogP contribution is 2.15. The van der Waals surface area contributed by atoms with Crippen molar-refractivity contribution in [2.24, 2.45) is 0 Å². The number of rotatable bonds is 38. The normalized spacial score (nSPS) is 13.2. The Hall–Kier alpha value is -2.82. The lowest BCUT2D eigenvalue weighted by Gasteiger charge is -2.24. The number of hydrogen-bond acceptors (Lipinski definition) is 8. The van der Waals surface area contributed by atoms with Crippen molar-refractivity contribution in [2.75, 3.05) is 5.75 Å². The Labute approximate surface area is 332 Å². The lowest BCUT2D eigenvalue weighted by atomic mass is 10.1. The van der Waals surface area contributed by atoms with Crippen LogP contribution < -0.4 is 5.32 Å². The molecule has 11 heteroatoms. The minimum atomic E-state index is -2.13. The number of carbonyl (C=O) groups is 5. The van der Waals surface area contributed by atoms with Gasteiger partial charge in [0.05, 0.1) is 0 Å². The predicted octanol–water partition coefficient (Wildman–Crippen LogP) is 10.5. The average molecular weight is 782 g/mol. The molecule has 0 heterocycles. The van der Waals surface area contributed by atoms with Crippen LogP contribution in [0, 0.1) is 0 Å². The average Bonchev–Trinajstić information content (AvgIpc) is 3.14. The number of nitrogens with one attached hydrogen (secondary N) is 1. The molecular weight excluding hydrogens is 707 g/mol. The topological polar surface area (TPSA) is 156 Å². The number of carboxylic acids is 2. The lowest BCUT2D eigenvalue weighted by Crippen LogP contribution is -2.54. The summed E-state index contributed by atoms with van der Waals surface area (Å²) in [6.07, 6.45) is 32.9. The molecule has 3 atom stereocenters.